The minimum absolute atomic E-state index is 0. The van der Waals surface area contributed by atoms with Crippen molar-refractivity contribution in [2.45, 2.75) is 19.4 Å². The van der Waals surface area contributed by atoms with Crippen LogP contribution in [0.1, 0.15) is 13.3 Å². The molecule has 0 amide bonds. The van der Waals surface area contributed by atoms with Gasteiger partial charge in [-0.1, -0.05) is 0 Å². The number of ether oxygens (including phenoxy) is 1. The van der Waals surface area contributed by atoms with Gasteiger partial charge in [-0.15, -0.1) is 17.6 Å². The van der Waals surface area contributed by atoms with E-state index in [1.165, 1.54) is 0 Å². The number of carboxylic acid groups (broad SMARTS) is 1. The van der Waals surface area contributed by atoms with E-state index in [0.29, 0.717) is 0 Å². The molecule has 0 bridgehead atoms. The second kappa shape index (κ2) is 7.51. The predicted octanol–water partition coefficient (Wildman–Crippen LogP) is -0.620. The van der Waals surface area contributed by atoms with E-state index in [4.69, 9.17) is 16.2 Å². The summed E-state index contributed by atoms with van der Waals surface area (Å²) >= 11 is 0. The van der Waals surface area contributed by atoms with E-state index in [-0.39, 0.29) is 24.2 Å². The number of hydroxylamine groups is 1. The first-order valence-electron chi connectivity index (χ1n) is 3.60. The molecule has 4 N–H and O–H groups in total. The number of nitrogens with zero attached hydrogens (tertiary/aromatic N) is 1. The molecule has 0 radical (unpaired) electrons. The summed E-state index contributed by atoms with van der Waals surface area (Å²) in [5.74, 6) is 2.67. The van der Waals surface area contributed by atoms with Gasteiger partial charge in [-0.3, -0.25) is 14.8 Å². The number of rotatable bonds is 5. The van der Waals surface area contributed by atoms with Gasteiger partial charge in [-0.25, -0.2) is 5.84 Å². The topological polar surface area (TPSA) is 113 Å². The molecule has 1 atom stereocenters. The van der Waals surface area contributed by atoms with Crippen LogP contribution in [0.15, 0.2) is 0 Å². The third-order valence-corrected chi connectivity index (χ3v) is 1.27. The summed E-state index contributed by atoms with van der Waals surface area (Å²) in [7, 11) is 0. The van der Waals surface area contributed by atoms with Gasteiger partial charge in [0.1, 0.15) is 0 Å². The quantitative estimate of drug-likeness (QED) is 0.326. The number of nitrogens with two attached hydrogens (primary N) is 1. The van der Waals surface area contributed by atoms with Gasteiger partial charge in [0.25, 0.3) is 0 Å². The lowest BCUT2D eigenvalue weighted by molar-refractivity contribution is -0.177. The van der Waals surface area contributed by atoms with Gasteiger partial charge in [-0.2, -0.15) is 0 Å². The molecule has 0 spiro atoms. The normalized spacial score (nSPS) is 11.7. The number of carbonyl (C=O) groups excluding carboxylic acids is 1. The van der Waals surface area contributed by atoms with Crippen molar-refractivity contribution < 1.29 is 24.6 Å². The van der Waals surface area contributed by atoms with E-state index < -0.39 is 24.4 Å². The van der Waals surface area contributed by atoms with Gasteiger partial charge in [0, 0.05) is 0 Å². The molecular weight excluding hydrogens is 216 g/mol. The molecule has 0 fully saturated rings. The second-order valence-electron chi connectivity index (χ2n) is 2.24. The first kappa shape index (κ1) is 15.6. The summed E-state index contributed by atoms with van der Waals surface area (Å²) in [6.07, 6.45) is -0.490. The zero-order chi connectivity index (χ0) is 10.4. The molecular formula is C6H13ClN2O5. The van der Waals surface area contributed by atoms with Crippen LogP contribution in [0.25, 0.3) is 0 Å². The van der Waals surface area contributed by atoms with Gasteiger partial charge >= 0.3 is 11.9 Å². The Bertz CT molecular complexity index is 199. The number of halogens is 1. The number of aliphatic carboxylic acids is 1. The molecule has 0 aromatic rings. The Labute approximate surface area is 86.8 Å². The maximum atomic E-state index is 10.8. The van der Waals surface area contributed by atoms with Crippen molar-refractivity contribution in [3.05, 3.63) is 0 Å². The monoisotopic (exact) mass is 228 g/mol. The van der Waals surface area contributed by atoms with Crippen LogP contribution < -0.4 is 5.84 Å². The SMILES string of the molecule is CCOC(=O)CC(C(=O)O)N(N)O.Cl. The minimum Gasteiger partial charge on any atom is -0.480 e. The molecule has 14 heavy (non-hydrogen) atoms. The van der Waals surface area contributed by atoms with E-state index in [1.54, 1.807) is 6.92 Å². The molecule has 0 aliphatic heterocycles. The summed E-state index contributed by atoms with van der Waals surface area (Å²) < 4.78 is 4.48. The number of carbonyl (C=O) groups is 2. The van der Waals surface area contributed by atoms with Gasteiger partial charge in [0.2, 0.25) is 0 Å². The molecule has 7 nitrogen and oxygen atoms in total. The number of hydrogen-bond acceptors (Lipinski definition) is 6. The van der Waals surface area contributed by atoms with Crippen molar-refractivity contribution in [3.8, 4) is 0 Å². The van der Waals surface area contributed by atoms with Crippen LogP contribution in [0.4, 0.5) is 0 Å². The largest absolute Gasteiger partial charge is 0.480 e. The first-order valence-corrected chi connectivity index (χ1v) is 3.60. The average molecular weight is 229 g/mol. The summed E-state index contributed by atoms with van der Waals surface area (Å²) in [6, 6.07) is -1.47. The highest BCUT2D eigenvalue weighted by molar-refractivity contribution is 5.85. The van der Waals surface area contributed by atoms with Crippen molar-refractivity contribution >= 4 is 24.3 Å². The summed E-state index contributed by atoms with van der Waals surface area (Å²) in [4.78, 5) is 21.2. The Kier molecular flexibility index (Phi) is 8.35. The molecule has 84 valence electrons. The maximum absolute atomic E-state index is 10.8. The summed E-state index contributed by atoms with van der Waals surface area (Å²) in [6.45, 7) is 1.74. The van der Waals surface area contributed by atoms with E-state index >= 15 is 0 Å². The molecule has 0 aromatic heterocycles. The Morgan fingerprint density at radius 2 is 2.07 bits per heavy atom. The third-order valence-electron chi connectivity index (χ3n) is 1.27. The summed E-state index contributed by atoms with van der Waals surface area (Å²) in [5, 5.41) is 17.1. The van der Waals surface area contributed by atoms with Crippen LogP contribution in [0.2, 0.25) is 0 Å². The Hall–Kier alpha value is -0.890. The molecule has 0 saturated heterocycles. The fourth-order valence-electron chi connectivity index (χ4n) is 0.672. The van der Waals surface area contributed by atoms with Gasteiger partial charge in [-0.05, 0) is 6.92 Å². The second-order valence-corrected chi connectivity index (χ2v) is 2.24. The van der Waals surface area contributed by atoms with Gasteiger partial charge < -0.3 is 9.84 Å². The molecule has 8 heteroatoms. The van der Waals surface area contributed by atoms with E-state index in [1.807, 2.05) is 0 Å². The van der Waals surface area contributed by atoms with Crippen LogP contribution in [0.3, 0.4) is 0 Å². The summed E-state index contributed by atoms with van der Waals surface area (Å²) in [5.41, 5.74) is 0. The van der Waals surface area contributed by atoms with Crippen molar-refractivity contribution in [2.24, 2.45) is 5.84 Å². The number of esters is 1. The predicted molar refractivity (Wildman–Crippen MR) is 47.7 cm³/mol. The zero-order valence-electron chi connectivity index (χ0n) is 7.54. The van der Waals surface area contributed by atoms with Crippen molar-refractivity contribution in [2.75, 3.05) is 6.61 Å². The molecule has 0 saturated carbocycles. The Morgan fingerprint density at radius 1 is 1.57 bits per heavy atom. The van der Waals surface area contributed by atoms with Crippen LogP contribution in [-0.4, -0.2) is 40.1 Å². The van der Waals surface area contributed by atoms with Crippen molar-refractivity contribution in [1.29, 1.82) is 0 Å². The lowest BCUT2D eigenvalue weighted by Crippen LogP contribution is -2.45. The minimum atomic E-state index is -1.47. The van der Waals surface area contributed by atoms with Gasteiger partial charge in [0.15, 0.2) is 6.04 Å². The molecule has 0 rings (SSSR count). The van der Waals surface area contributed by atoms with Crippen LogP contribution in [0, 0.1) is 0 Å². The highest BCUT2D eigenvalue weighted by Gasteiger charge is 2.26. The van der Waals surface area contributed by atoms with Crippen LogP contribution >= 0.6 is 12.4 Å². The van der Waals surface area contributed by atoms with E-state index in [2.05, 4.69) is 4.74 Å². The average Bonchev–Trinajstić information content (AvgIpc) is 1.99. The van der Waals surface area contributed by atoms with Crippen LogP contribution in [-0.2, 0) is 14.3 Å². The molecule has 0 aromatic carbocycles. The highest BCUT2D eigenvalue weighted by atomic mass is 35.5. The molecule has 0 aliphatic rings. The van der Waals surface area contributed by atoms with E-state index in [9.17, 15) is 9.59 Å². The fourth-order valence-corrected chi connectivity index (χ4v) is 0.672. The Balaban J connectivity index is 0. The molecule has 1 unspecified atom stereocenters. The fraction of sp³-hybridized carbons (Fsp3) is 0.667. The zero-order valence-corrected chi connectivity index (χ0v) is 8.36. The van der Waals surface area contributed by atoms with E-state index in [0.717, 1.165) is 0 Å². The smallest absolute Gasteiger partial charge is 0.325 e. The van der Waals surface area contributed by atoms with Crippen LogP contribution in [0.5, 0.6) is 0 Å². The van der Waals surface area contributed by atoms with Crippen molar-refractivity contribution in [3.63, 3.8) is 0 Å². The lowest BCUT2D eigenvalue weighted by Gasteiger charge is -2.16. The number of hydrazine groups is 1. The molecule has 0 aliphatic carbocycles. The third kappa shape index (κ3) is 5.70. The standard InChI is InChI=1S/C6H12N2O5.ClH/c1-2-13-5(9)3-4(6(10)11)8(7)12;/h4,12H,2-3,7H2,1H3,(H,10,11);1H. The highest BCUT2D eigenvalue weighted by Crippen LogP contribution is 1.99. The first-order chi connectivity index (χ1) is 5.99. The molecule has 0 heterocycles. The number of carboxylic acids is 1. The lowest BCUT2D eigenvalue weighted by atomic mass is 10.2. The maximum Gasteiger partial charge on any atom is 0.325 e. The van der Waals surface area contributed by atoms with Crippen molar-refractivity contribution in [1.82, 2.24) is 5.17 Å². The number of hydrogen-bond donors (Lipinski definition) is 3. The van der Waals surface area contributed by atoms with Gasteiger partial charge in [0.05, 0.1) is 13.0 Å². The Morgan fingerprint density at radius 3 is 2.36 bits per heavy atom.